The van der Waals surface area contributed by atoms with Gasteiger partial charge in [-0.15, -0.1) is 0 Å². The van der Waals surface area contributed by atoms with Crippen molar-refractivity contribution < 1.29 is 19.1 Å². The molecule has 3 atom stereocenters. The maximum absolute atomic E-state index is 11.1. The largest absolute Gasteiger partial charge is 0.395 e. The van der Waals surface area contributed by atoms with E-state index in [0.29, 0.717) is 6.10 Å². The van der Waals surface area contributed by atoms with Crippen molar-refractivity contribution in [3.8, 4) is 0 Å². The van der Waals surface area contributed by atoms with Crippen molar-refractivity contribution in [1.82, 2.24) is 0 Å². The Morgan fingerprint density at radius 2 is 2.25 bits per heavy atom. The van der Waals surface area contributed by atoms with E-state index in [0.717, 1.165) is 19.3 Å². The first-order valence-electron chi connectivity index (χ1n) is 4.11. The molecular formula is C8H10O4. The van der Waals surface area contributed by atoms with Crippen LogP contribution >= 0.6 is 0 Å². The zero-order valence-corrected chi connectivity index (χ0v) is 6.56. The van der Waals surface area contributed by atoms with Crippen molar-refractivity contribution in [2.45, 2.75) is 31.5 Å². The third-order valence-electron chi connectivity index (χ3n) is 2.50. The van der Waals surface area contributed by atoms with E-state index in [2.05, 4.69) is 4.74 Å². The Hall–Kier alpha value is -0.900. The molecule has 1 saturated carbocycles. The maximum atomic E-state index is 11.1. The summed E-state index contributed by atoms with van der Waals surface area (Å²) in [6, 6.07) is 0. The van der Waals surface area contributed by atoms with Crippen LogP contribution in [0.5, 0.6) is 0 Å². The van der Waals surface area contributed by atoms with Gasteiger partial charge in [0.25, 0.3) is 0 Å². The number of hydrogen-bond donors (Lipinski definition) is 0. The molecule has 0 bridgehead atoms. The van der Waals surface area contributed by atoms with Crippen molar-refractivity contribution in [1.29, 1.82) is 0 Å². The van der Waals surface area contributed by atoms with E-state index in [9.17, 15) is 9.59 Å². The lowest BCUT2D eigenvalue weighted by Gasteiger charge is -2.14. The van der Waals surface area contributed by atoms with Crippen LogP contribution in [-0.4, -0.2) is 24.6 Å². The molecule has 0 N–H and O–H groups in total. The monoisotopic (exact) mass is 170 g/mol. The summed E-state index contributed by atoms with van der Waals surface area (Å²) >= 11 is 0. The van der Waals surface area contributed by atoms with E-state index in [4.69, 9.17) is 4.74 Å². The quantitative estimate of drug-likeness (QED) is 0.258. The fourth-order valence-electron chi connectivity index (χ4n) is 1.76. The van der Waals surface area contributed by atoms with Crippen molar-refractivity contribution in [2.24, 2.45) is 5.92 Å². The van der Waals surface area contributed by atoms with E-state index in [1.807, 2.05) is 0 Å². The van der Waals surface area contributed by atoms with Gasteiger partial charge in [-0.2, -0.15) is 0 Å². The molecule has 4 nitrogen and oxygen atoms in total. The summed E-state index contributed by atoms with van der Waals surface area (Å²) in [5, 5.41) is 0. The van der Waals surface area contributed by atoms with E-state index < -0.39 is 5.97 Å². The maximum Gasteiger partial charge on any atom is 0.316 e. The normalized spacial score (nSPS) is 38.2. The van der Waals surface area contributed by atoms with Crippen LogP contribution in [-0.2, 0) is 19.1 Å². The second-order valence-electron chi connectivity index (χ2n) is 3.26. The van der Waals surface area contributed by atoms with Gasteiger partial charge in [-0.3, -0.25) is 9.59 Å². The molecule has 0 radical (unpaired) electrons. The number of fused-ring (bicyclic) bond motifs is 1. The minimum Gasteiger partial charge on any atom is -0.395 e. The molecule has 0 aromatic rings. The van der Waals surface area contributed by atoms with Crippen LogP contribution in [0.3, 0.4) is 0 Å². The van der Waals surface area contributed by atoms with Crippen molar-refractivity contribution >= 4 is 12.4 Å². The van der Waals surface area contributed by atoms with Gasteiger partial charge in [0.15, 0.2) is 0 Å². The van der Waals surface area contributed by atoms with Gasteiger partial charge < -0.3 is 9.47 Å². The number of ether oxygens (including phenoxy) is 2. The average Bonchev–Trinajstić information content (AvgIpc) is 2.81. The number of hydrogen-bond acceptors (Lipinski definition) is 4. The molecule has 1 saturated heterocycles. The Labute approximate surface area is 69.8 Å². The van der Waals surface area contributed by atoms with E-state index >= 15 is 0 Å². The molecule has 1 aliphatic carbocycles. The highest BCUT2D eigenvalue weighted by molar-refractivity contribution is 5.78. The second kappa shape index (κ2) is 2.86. The van der Waals surface area contributed by atoms with Crippen LogP contribution in [0.15, 0.2) is 0 Å². The van der Waals surface area contributed by atoms with Gasteiger partial charge in [-0.1, -0.05) is 0 Å². The molecular weight excluding hydrogens is 160 g/mol. The lowest BCUT2D eigenvalue weighted by atomic mass is 9.89. The standard InChI is InChI=1S/C8H10O4/c9-4-11-8(10)5-1-2-6-7(3-5)12-6/h4-7H,1-3H2. The van der Waals surface area contributed by atoms with E-state index in [1.165, 1.54) is 0 Å². The zero-order chi connectivity index (χ0) is 8.55. The van der Waals surface area contributed by atoms with Crippen LogP contribution in [0, 0.1) is 5.92 Å². The third-order valence-corrected chi connectivity index (χ3v) is 2.50. The topological polar surface area (TPSA) is 55.9 Å². The van der Waals surface area contributed by atoms with Gasteiger partial charge in [-0.25, -0.2) is 0 Å². The SMILES string of the molecule is O=COC(=O)C1CCC2OC2C1. The van der Waals surface area contributed by atoms with Gasteiger partial charge in [0.2, 0.25) is 0 Å². The molecule has 0 aromatic carbocycles. The summed E-state index contributed by atoms with van der Waals surface area (Å²) < 4.78 is 9.51. The number of epoxide rings is 1. The van der Waals surface area contributed by atoms with Gasteiger partial charge in [-0.05, 0) is 19.3 Å². The summed E-state index contributed by atoms with van der Waals surface area (Å²) in [7, 11) is 0. The van der Waals surface area contributed by atoms with E-state index in [-0.39, 0.29) is 18.5 Å². The van der Waals surface area contributed by atoms with Crippen molar-refractivity contribution in [3.63, 3.8) is 0 Å². The summed E-state index contributed by atoms with van der Waals surface area (Å²) in [6.07, 6.45) is 3.06. The first kappa shape index (κ1) is 7.73. The summed E-state index contributed by atoms with van der Waals surface area (Å²) in [5.74, 6) is -0.530. The third kappa shape index (κ3) is 1.34. The number of rotatable bonds is 2. The van der Waals surface area contributed by atoms with Gasteiger partial charge in [0.1, 0.15) is 0 Å². The highest BCUT2D eigenvalue weighted by atomic mass is 16.6. The summed E-state index contributed by atoms with van der Waals surface area (Å²) in [4.78, 5) is 20.9. The molecule has 4 heteroatoms. The highest BCUT2D eigenvalue weighted by Crippen LogP contribution is 2.39. The number of esters is 1. The zero-order valence-electron chi connectivity index (χ0n) is 6.56. The van der Waals surface area contributed by atoms with Gasteiger partial charge in [0.05, 0.1) is 18.1 Å². The van der Waals surface area contributed by atoms with Crippen LogP contribution < -0.4 is 0 Å². The van der Waals surface area contributed by atoms with Crippen molar-refractivity contribution in [2.75, 3.05) is 0 Å². The smallest absolute Gasteiger partial charge is 0.316 e. The Balaban J connectivity index is 1.86. The Morgan fingerprint density at radius 1 is 1.42 bits per heavy atom. The molecule has 3 unspecified atom stereocenters. The molecule has 2 aliphatic rings. The number of carbonyl (C=O) groups is 2. The lowest BCUT2D eigenvalue weighted by Crippen LogP contribution is -2.23. The predicted molar refractivity (Wildman–Crippen MR) is 38.2 cm³/mol. The lowest BCUT2D eigenvalue weighted by molar-refractivity contribution is -0.155. The molecule has 1 aliphatic heterocycles. The first-order chi connectivity index (χ1) is 5.81. The number of carbonyl (C=O) groups excluding carboxylic acids is 2. The molecule has 0 aromatic heterocycles. The molecule has 2 fully saturated rings. The summed E-state index contributed by atoms with van der Waals surface area (Å²) in [5.41, 5.74) is 0. The Kier molecular flexibility index (Phi) is 1.84. The fraction of sp³-hybridized carbons (Fsp3) is 0.750. The first-order valence-corrected chi connectivity index (χ1v) is 4.11. The van der Waals surface area contributed by atoms with Crippen LogP contribution in [0.25, 0.3) is 0 Å². The van der Waals surface area contributed by atoms with Crippen LogP contribution in [0.2, 0.25) is 0 Å². The van der Waals surface area contributed by atoms with Crippen LogP contribution in [0.4, 0.5) is 0 Å². The van der Waals surface area contributed by atoms with Crippen molar-refractivity contribution in [3.05, 3.63) is 0 Å². The molecule has 12 heavy (non-hydrogen) atoms. The van der Waals surface area contributed by atoms with Gasteiger partial charge >= 0.3 is 12.4 Å². The minimum atomic E-state index is -0.404. The molecule has 1 heterocycles. The van der Waals surface area contributed by atoms with Crippen LogP contribution in [0.1, 0.15) is 19.3 Å². The second-order valence-corrected chi connectivity index (χ2v) is 3.26. The highest BCUT2D eigenvalue weighted by Gasteiger charge is 2.46. The fourth-order valence-corrected chi connectivity index (χ4v) is 1.76. The molecule has 0 spiro atoms. The average molecular weight is 170 g/mol. The molecule has 0 amide bonds. The molecule has 66 valence electrons. The van der Waals surface area contributed by atoms with E-state index in [1.54, 1.807) is 0 Å². The van der Waals surface area contributed by atoms with Gasteiger partial charge in [0, 0.05) is 0 Å². The Bertz CT molecular complexity index is 213. The predicted octanol–water partition coefficient (Wildman–Crippen LogP) is 0.253. The Morgan fingerprint density at radius 3 is 2.92 bits per heavy atom. The minimum absolute atomic E-state index is 0.126. The summed E-state index contributed by atoms with van der Waals surface area (Å²) in [6.45, 7) is 0.197. The molecule has 2 rings (SSSR count).